The Labute approximate surface area is 230 Å². The van der Waals surface area contributed by atoms with Gasteiger partial charge in [0.25, 0.3) is 0 Å². The van der Waals surface area contributed by atoms with Gasteiger partial charge in [0.15, 0.2) is 0 Å². The normalized spacial score (nSPS) is 14.6. The van der Waals surface area contributed by atoms with Crippen LogP contribution < -0.4 is 16.4 Å². The number of primary amides is 2. The summed E-state index contributed by atoms with van der Waals surface area (Å²) < 4.78 is 13.4. The second-order valence-corrected chi connectivity index (χ2v) is 11.1. The van der Waals surface area contributed by atoms with Crippen molar-refractivity contribution in [3.63, 3.8) is 0 Å². The molecule has 7 heteroatoms. The number of hydrogen-bond acceptors (Lipinski definition) is 4. The van der Waals surface area contributed by atoms with Gasteiger partial charge < -0.3 is 16.4 Å². The molecule has 0 aromatic heterocycles. The van der Waals surface area contributed by atoms with Crippen LogP contribution >= 0.6 is 0 Å². The molecule has 4 rings (SSSR count). The van der Waals surface area contributed by atoms with Gasteiger partial charge in [-0.2, -0.15) is 0 Å². The number of nitrogens with two attached hydrogens (primary N) is 2. The summed E-state index contributed by atoms with van der Waals surface area (Å²) in [6, 6.07) is 18.2. The van der Waals surface area contributed by atoms with Crippen molar-refractivity contribution >= 4 is 23.2 Å². The lowest BCUT2D eigenvalue weighted by molar-refractivity contribution is 0.0991. The molecule has 0 unspecified atom stereocenters. The molecule has 3 aromatic rings. The number of amides is 2. The molecule has 1 saturated heterocycles. The second-order valence-electron chi connectivity index (χ2n) is 11.1. The number of carbonyl (C=O) groups excluding carboxylic acids is 2. The van der Waals surface area contributed by atoms with E-state index in [4.69, 9.17) is 11.5 Å². The summed E-state index contributed by atoms with van der Waals surface area (Å²) >= 11 is 0. The number of carbonyl (C=O) groups is 2. The van der Waals surface area contributed by atoms with Gasteiger partial charge in [0, 0.05) is 48.2 Å². The zero-order valence-electron chi connectivity index (χ0n) is 23.3. The molecule has 1 fully saturated rings. The summed E-state index contributed by atoms with van der Waals surface area (Å²) in [5.41, 5.74) is 17.6. The molecule has 6 nitrogen and oxygen atoms in total. The van der Waals surface area contributed by atoms with Crippen LogP contribution in [-0.4, -0.2) is 35.8 Å². The van der Waals surface area contributed by atoms with Crippen LogP contribution in [0.25, 0.3) is 0 Å². The van der Waals surface area contributed by atoms with Gasteiger partial charge in [-0.25, -0.2) is 4.39 Å². The minimum atomic E-state index is -0.470. The van der Waals surface area contributed by atoms with Crippen LogP contribution in [0.4, 0.5) is 15.8 Å². The van der Waals surface area contributed by atoms with Crippen LogP contribution in [-0.2, 0) is 6.54 Å². The zero-order chi connectivity index (χ0) is 28.3. The first-order valence-electron chi connectivity index (χ1n) is 13.7. The highest BCUT2D eigenvalue weighted by Gasteiger charge is 2.31. The SMILES string of the molecule is CC(C)c1c(C(N)=O)ccc(N(c2cccc(C(N)=O)c2)C2CCN(Cc3ccc(F)cc3)CC2)c1C(C)C. The molecule has 4 N–H and O–H groups in total. The fourth-order valence-electron chi connectivity index (χ4n) is 5.82. The fraction of sp³-hybridized carbons (Fsp3) is 0.375. The van der Waals surface area contributed by atoms with Crippen molar-refractivity contribution in [3.05, 3.63) is 94.3 Å². The minimum absolute atomic E-state index is 0.0983. The maximum absolute atomic E-state index is 13.4. The second kappa shape index (κ2) is 12.0. The Kier molecular flexibility index (Phi) is 8.70. The van der Waals surface area contributed by atoms with Crippen molar-refractivity contribution in [2.75, 3.05) is 18.0 Å². The smallest absolute Gasteiger partial charge is 0.248 e. The monoisotopic (exact) mass is 530 g/mol. The van der Waals surface area contributed by atoms with Gasteiger partial charge in [0.05, 0.1) is 0 Å². The van der Waals surface area contributed by atoms with Crippen molar-refractivity contribution in [2.24, 2.45) is 11.5 Å². The van der Waals surface area contributed by atoms with E-state index in [1.807, 2.05) is 42.5 Å². The summed E-state index contributed by atoms with van der Waals surface area (Å²) in [5, 5.41) is 0. The van der Waals surface area contributed by atoms with Crippen LogP contribution in [0, 0.1) is 5.82 Å². The van der Waals surface area contributed by atoms with E-state index >= 15 is 0 Å². The fourth-order valence-corrected chi connectivity index (χ4v) is 5.82. The summed E-state index contributed by atoms with van der Waals surface area (Å²) in [4.78, 5) is 29.2. The lowest BCUT2D eigenvalue weighted by atomic mass is 9.84. The highest BCUT2D eigenvalue weighted by molar-refractivity contribution is 5.96. The predicted molar refractivity (Wildman–Crippen MR) is 155 cm³/mol. The van der Waals surface area contributed by atoms with E-state index in [0.29, 0.717) is 11.1 Å². The van der Waals surface area contributed by atoms with Crippen LogP contribution in [0.15, 0.2) is 60.7 Å². The molecule has 1 aliphatic rings. The van der Waals surface area contributed by atoms with Gasteiger partial charge in [-0.3, -0.25) is 14.5 Å². The van der Waals surface area contributed by atoms with E-state index in [2.05, 4.69) is 37.5 Å². The van der Waals surface area contributed by atoms with Gasteiger partial charge >= 0.3 is 0 Å². The number of benzene rings is 3. The third-order valence-corrected chi connectivity index (χ3v) is 7.59. The maximum Gasteiger partial charge on any atom is 0.248 e. The first kappa shape index (κ1) is 28.3. The van der Waals surface area contributed by atoms with E-state index in [9.17, 15) is 14.0 Å². The van der Waals surface area contributed by atoms with Gasteiger partial charge in [-0.15, -0.1) is 0 Å². The highest BCUT2D eigenvalue weighted by atomic mass is 19.1. The quantitative estimate of drug-likeness (QED) is 0.351. The standard InChI is InChI=1S/C32H39FN4O2/c1-20(2)29-27(32(35)39)12-13-28(30(29)21(3)4)37(26-7-5-6-23(18-26)31(34)38)25-14-16-36(17-15-25)19-22-8-10-24(33)11-9-22/h5-13,18,20-21,25H,14-17,19H2,1-4H3,(H2,34,38)(H2,35,39). The van der Waals surface area contributed by atoms with E-state index in [-0.39, 0.29) is 23.7 Å². The van der Waals surface area contributed by atoms with Crippen LogP contribution in [0.3, 0.4) is 0 Å². The first-order chi connectivity index (χ1) is 18.6. The molecule has 1 aliphatic heterocycles. The van der Waals surface area contributed by atoms with Crippen molar-refractivity contribution in [1.29, 1.82) is 0 Å². The Balaban J connectivity index is 1.75. The van der Waals surface area contributed by atoms with Gasteiger partial charge in [-0.1, -0.05) is 45.9 Å². The van der Waals surface area contributed by atoms with Crippen molar-refractivity contribution in [1.82, 2.24) is 4.90 Å². The highest BCUT2D eigenvalue weighted by Crippen LogP contribution is 2.42. The molecule has 0 spiro atoms. The Bertz CT molecular complexity index is 1330. The lowest BCUT2D eigenvalue weighted by Crippen LogP contribution is -2.43. The van der Waals surface area contributed by atoms with E-state index in [0.717, 1.165) is 60.5 Å². The lowest BCUT2D eigenvalue weighted by Gasteiger charge is -2.42. The third-order valence-electron chi connectivity index (χ3n) is 7.59. The largest absolute Gasteiger partial charge is 0.366 e. The summed E-state index contributed by atoms with van der Waals surface area (Å²) in [7, 11) is 0. The van der Waals surface area contributed by atoms with E-state index in [1.165, 1.54) is 12.1 Å². The number of anilines is 2. The summed E-state index contributed by atoms with van der Waals surface area (Å²) in [5.74, 6) is -0.890. The number of rotatable bonds is 9. The molecule has 39 heavy (non-hydrogen) atoms. The molecular formula is C32H39FN4O2. The van der Waals surface area contributed by atoms with Gasteiger partial charge in [0.2, 0.25) is 11.8 Å². The molecule has 0 bridgehead atoms. The van der Waals surface area contributed by atoms with E-state index in [1.54, 1.807) is 6.07 Å². The number of nitrogens with zero attached hydrogens (tertiary/aromatic N) is 2. The Morgan fingerprint density at radius 2 is 1.54 bits per heavy atom. The molecule has 2 amide bonds. The van der Waals surface area contributed by atoms with Crippen molar-refractivity contribution < 1.29 is 14.0 Å². The molecular weight excluding hydrogens is 491 g/mol. The molecule has 0 aliphatic carbocycles. The van der Waals surface area contributed by atoms with Crippen molar-refractivity contribution in [2.45, 2.75) is 65.0 Å². The van der Waals surface area contributed by atoms with Crippen LogP contribution in [0.5, 0.6) is 0 Å². The maximum atomic E-state index is 13.4. The Morgan fingerprint density at radius 1 is 0.897 bits per heavy atom. The number of likely N-dealkylation sites (tertiary alicyclic amines) is 1. The molecule has 0 radical (unpaired) electrons. The Morgan fingerprint density at radius 3 is 2.10 bits per heavy atom. The average Bonchev–Trinajstić information content (AvgIpc) is 2.90. The summed E-state index contributed by atoms with van der Waals surface area (Å²) in [6.07, 6.45) is 1.79. The number of piperidine rings is 1. The molecule has 206 valence electrons. The van der Waals surface area contributed by atoms with E-state index < -0.39 is 11.8 Å². The minimum Gasteiger partial charge on any atom is -0.366 e. The number of hydrogen-bond donors (Lipinski definition) is 2. The van der Waals surface area contributed by atoms with Crippen LogP contribution in [0.2, 0.25) is 0 Å². The third kappa shape index (κ3) is 6.31. The molecule has 1 heterocycles. The average molecular weight is 531 g/mol. The first-order valence-corrected chi connectivity index (χ1v) is 13.7. The predicted octanol–water partition coefficient (Wildman–Crippen LogP) is 6.07. The van der Waals surface area contributed by atoms with Crippen molar-refractivity contribution in [3.8, 4) is 0 Å². The molecule has 3 aromatic carbocycles. The molecule has 0 saturated carbocycles. The molecule has 0 atom stereocenters. The van der Waals surface area contributed by atoms with Gasteiger partial charge in [-0.05, 0) is 83.8 Å². The van der Waals surface area contributed by atoms with Gasteiger partial charge in [0.1, 0.15) is 5.82 Å². The topological polar surface area (TPSA) is 92.7 Å². The Hall–Kier alpha value is -3.71. The summed E-state index contributed by atoms with van der Waals surface area (Å²) in [6.45, 7) is 11.0. The zero-order valence-corrected chi connectivity index (χ0v) is 23.3. The van der Waals surface area contributed by atoms with Crippen LogP contribution in [0.1, 0.15) is 89.8 Å². The number of halogens is 1.